The molecule has 1 heterocycles. The van der Waals surface area contributed by atoms with E-state index in [4.69, 9.17) is 9.47 Å². The highest BCUT2D eigenvalue weighted by Gasteiger charge is 2.35. The van der Waals surface area contributed by atoms with Crippen molar-refractivity contribution in [1.29, 1.82) is 0 Å². The molecule has 1 unspecified atom stereocenters. The molecule has 0 aromatic heterocycles. The first kappa shape index (κ1) is 24.7. The second kappa shape index (κ2) is 10.9. The van der Waals surface area contributed by atoms with E-state index in [9.17, 15) is 19.5 Å². The molecule has 0 saturated carbocycles. The number of hydrogen-bond acceptors (Lipinski definition) is 5. The third-order valence-electron chi connectivity index (χ3n) is 6.56. The van der Waals surface area contributed by atoms with Crippen molar-refractivity contribution < 1.29 is 29.0 Å². The Balaban J connectivity index is 1.44. The molecule has 1 aliphatic carbocycles. The van der Waals surface area contributed by atoms with Gasteiger partial charge in [-0.25, -0.2) is 4.79 Å². The van der Waals surface area contributed by atoms with E-state index in [0.717, 1.165) is 22.3 Å². The number of carbonyl (C=O) groups is 3. The summed E-state index contributed by atoms with van der Waals surface area (Å²) in [4.78, 5) is 39.0. The Morgan fingerprint density at radius 3 is 2.31 bits per heavy atom. The van der Waals surface area contributed by atoms with E-state index in [1.165, 1.54) is 4.90 Å². The first-order chi connectivity index (χ1) is 16.8. The Kier molecular flexibility index (Phi) is 7.70. The fourth-order valence-corrected chi connectivity index (χ4v) is 4.99. The zero-order valence-electron chi connectivity index (χ0n) is 20.1. The van der Waals surface area contributed by atoms with Crippen LogP contribution in [-0.2, 0) is 19.1 Å². The van der Waals surface area contributed by atoms with Gasteiger partial charge in [0.25, 0.3) is 0 Å². The second-order valence-electron chi connectivity index (χ2n) is 9.51. The van der Waals surface area contributed by atoms with Crippen LogP contribution in [0.25, 0.3) is 11.1 Å². The van der Waals surface area contributed by atoms with Crippen LogP contribution in [0.2, 0.25) is 0 Å². The van der Waals surface area contributed by atoms with Crippen molar-refractivity contribution in [3.05, 3.63) is 59.7 Å². The molecule has 2 aromatic carbocycles. The lowest BCUT2D eigenvalue weighted by molar-refractivity contribution is -0.147. The maximum absolute atomic E-state index is 13.4. The van der Waals surface area contributed by atoms with E-state index in [-0.39, 0.29) is 43.9 Å². The van der Waals surface area contributed by atoms with Gasteiger partial charge in [-0.2, -0.15) is 0 Å². The molecule has 4 rings (SSSR count). The number of nitrogens with one attached hydrogen (secondary N) is 1. The molecule has 0 radical (unpaired) electrons. The molecule has 1 saturated heterocycles. The molecule has 1 fully saturated rings. The lowest BCUT2D eigenvalue weighted by Crippen LogP contribution is -2.56. The van der Waals surface area contributed by atoms with Gasteiger partial charge in [0.15, 0.2) is 0 Å². The molecule has 2 aliphatic rings. The zero-order valence-corrected chi connectivity index (χ0v) is 20.1. The molecule has 2 amide bonds. The highest BCUT2D eigenvalue weighted by Crippen LogP contribution is 2.44. The first-order valence-corrected chi connectivity index (χ1v) is 12.1. The van der Waals surface area contributed by atoms with Crippen LogP contribution >= 0.6 is 0 Å². The van der Waals surface area contributed by atoms with E-state index < -0.39 is 24.1 Å². The van der Waals surface area contributed by atoms with Gasteiger partial charge in [0.1, 0.15) is 12.6 Å². The van der Waals surface area contributed by atoms with Crippen molar-refractivity contribution in [3.63, 3.8) is 0 Å². The summed E-state index contributed by atoms with van der Waals surface area (Å²) < 4.78 is 11.0. The molecule has 8 nitrogen and oxygen atoms in total. The number of alkyl carbamates (subject to hydrolysis) is 1. The van der Waals surface area contributed by atoms with Crippen molar-refractivity contribution in [3.8, 4) is 11.1 Å². The number of morpholine rings is 1. The van der Waals surface area contributed by atoms with Crippen LogP contribution in [0.5, 0.6) is 0 Å². The number of carboxylic acids is 1. The summed E-state index contributed by atoms with van der Waals surface area (Å²) in [5.41, 5.74) is 4.51. The lowest BCUT2D eigenvalue weighted by atomic mass is 9.98. The number of carboxylic acid groups (broad SMARTS) is 1. The molecule has 1 aliphatic heterocycles. The highest BCUT2D eigenvalue weighted by atomic mass is 16.5. The van der Waals surface area contributed by atoms with Crippen molar-refractivity contribution in [1.82, 2.24) is 10.2 Å². The molecule has 2 aromatic rings. The van der Waals surface area contributed by atoms with E-state index in [1.807, 2.05) is 50.2 Å². The van der Waals surface area contributed by atoms with Crippen LogP contribution < -0.4 is 5.32 Å². The summed E-state index contributed by atoms with van der Waals surface area (Å²) in [5.74, 6) is -1.24. The number of carbonyl (C=O) groups excluding carboxylic acids is 2. The summed E-state index contributed by atoms with van der Waals surface area (Å²) in [6.45, 7) is 4.87. The Morgan fingerprint density at radius 2 is 1.71 bits per heavy atom. The summed E-state index contributed by atoms with van der Waals surface area (Å²) >= 11 is 0. The Hall–Kier alpha value is -3.39. The molecule has 2 atom stereocenters. The normalized spacial score (nSPS) is 18.0. The molecule has 0 bridgehead atoms. The van der Waals surface area contributed by atoms with Crippen LogP contribution in [0.3, 0.4) is 0 Å². The third-order valence-corrected chi connectivity index (χ3v) is 6.56. The zero-order chi connectivity index (χ0) is 24.9. The van der Waals surface area contributed by atoms with Crippen molar-refractivity contribution in [2.24, 2.45) is 5.92 Å². The fraction of sp³-hybridized carbons (Fsp3) is 0.444. The molecule has 0 spiro atoms. The molecule has 8 heteroatoms. The largest absolute Gasteiger partial charge is 0.481 e. The number of amides is 2. The number of rotatable bonds is 8. The van der Waals surface area contributed by atoms with E-state index in [0.29, 0.717) is 13.0 Å². The maximum atomic E-state index is 13.4. The summed E-state index contributed by atoms with van der Waals surface area (Å²) in [7, 11) is 0. The first-order valence-electron chi connectivity index (χ1n) is 12.1. The molecular formula is C27H32N2O6. The van der Waals surface area contributed by atoms with E-state index >= 15 is 0 Å². The van der Waals surface area contributed by atoms with Gasteiger partial charge in [0, 0.05) is 12.5 Å². The summed E-state index contributed by atoms with van der Waals surface area (Å²) in [5, 5.41) is 12.0. The monoisotopic (exact) mass is 480 g/mol. The minimum absolute atomic E-state index is 0.0772. The fourth-order valence-electron chi connectivity index (χ4n) is 4.99. The summed E-state index contributed by atoms with van der Waals surface area (Å²) in [6.07, 6.45) is -0.445. The van der Waals surface area contributed by atoms with Crippen LogP contribution in [0.15, 0.2) is 48.5 Å². The predicted octanol–water partition coefficient (Wildman–Crippen LogP) is 3.64. The lowest BCUT2D eigenvalue weighted by Gasteiger charge is -2.37. The second-order valence-corrected chi connectivity index (χ2v) is 9.51. The number of nitrogens with zero attached hydrogens (tertiary/aromatic N) is 1. The SMILES string of the molecule is CC(C)C[C@H](NC(=O)OCC1c2ccccc2-c2ccccc21)C(=O)N1CCOCC1CC(=O)O. The molecule has 2 N–H and O–H groups in total. The molecule has 35 heavy (non-hydrogen) atoms. The molecule has 186 valence electrons. The number of fused-ring (bicyclic) bond motifs is 3. The van der Waals surface area contributed by atoms with Gasteiger partial charge in [-0.15, -0.1) is 0 Å². The van der Waals surface area contributed by atoms with Gasteiger partial charge in [-0.3, -0.25) is 9.59 Å². The predicted molar refractivity (Wildman–Crippen MR) is 130 cm³/mol. The Bertz CT molecular complexity index is 1040. The van der Waals surface area contributed by atoms with E-state index in [2.05, 4.69) is 17.4 Å². The number of hydrogen-bond donors (Lipinski definition) is 2. The molecular weight excluding hydrogens is 448 g/mol. The van der Waals surface area contributed by atoms with Crippen molar-refractivity contribution in [2.45, 2.75) is 44.7 Å². The maximum Gasteiger partial charge on any atom is 0.407 e. The average Bonchev–Trinajstić information content (AvgIpc) is 3.15. The Labute approximate surface area is 205 Å². The van der Waals surface area contributed by atoms with Crippen LogP contribution in [0.1, 0.15) is 43.7 Å². The summed E-state index contributed by atoms with van der Waals surface area (Å²) in [6, 6.07) is 14.8. The quantitative estimate of drug-likeness (QED) is 0.598. The van der Waals surface area contributed by atoms with Crippen molar-refractivity contribution in [2.75, 3.05) is 26.4 Å². The van der Waals surface area contributed by atoms with Gasteiger partial charge in [-0.05, 0) is 34.6 Å². The highest BCUT2D eigenvalue weighted by molar-refractivity contribution is 5.86. The van der Waals surface area contributed by atoms with Gasteiger partial charge in [0.05, 0.1) is 25.7 Å². The standard InChI is InChI=1S/C27H32N2O6/c1-17(2)13-24(26(32)29-11-12-34-15-18(29)14-25(30)31)28-27(33)35-16-23-21-9-5-3-7-19(21)20-8-4-6-10-22(20)23/h3-10,17-18,23-24H,11-16H2,1-2H3,(H,28,33)(H,30,31)/t18?,24-/m0/s1. The average molecular weight is 481 g/mol. The van der Waals surface area contributed by atoms with Gasteiger partial charge >= 0.3 is 12.1 Å². The number of ether oxygens (including phenoxy) is 2. The Morgan fingerprint density at radius 1 is 1.09 bits per heavy atom. The van der Waals surface area contributed by atoms with Crippen LogP contribution in [0, 0.1) is 5.92 Å². The minimum Gasteiger partial charge on any atom is -0.481 e. The smallest absolute Gasteiger partial charge is 0.407 e. The number of aliphatic carboxylic acids is 1. The van der Waals surface area contributed by atoms with Gasteiger partial charge in [0.2, 0.25) is 5.91 Å². The minimum atomic E-state index is -0.997. The topological polar surface area (TPSA) is 105 Å². The van der Waals surface area contributed by atoms with Crippen molar-refractivity contribution >= 4 is 18.0 Å². The number of benzene rings is 2. The van der Waals surface area contributed by atoms with Gasteiger partial charge in [-0.1, -0.05) is 62.4 Å². The van der Waals surface area contributed by atoms with Gasteiger partial charge < -0.3 is 24.8 Å². The van der Waals surface area contributed by atoms with Crippen LogP contribution in [0.4, 0.5) is 4.79 Å². The third kappa shape index (κ3) is 5.65. The van der Waals surface area contributed by atoms with Crippen LogP contribution in [-0.4, -0.2) is 66.4 Å². The van der Waals surface area contributed by atoms with E-state index in [1.54, 1.807) is 0 Å².